The van der Waals surface area contributed by atoms with Gasteiger partial charge in [-0.05, 0) is 53.6 Å². The quantitative estimate of drug-likeness (QED) is 0.834. The molecule has 1 saturated carbocycles. The van der Waals surface area contributed by atoms with E-state index in [1.165, 1.54) is 12.8 Å². The van der Waals surface area contributed by atoms with Crippen LogP contribution in [0.15, 0.2) is 22.6 Å². The molecule has 18 heavy (non-hydrogen) atoms. The summed E-state index contributed by atoms with van der Waals surface area (Å²) < 4.78 is 6.68. The van der Waals surface area contributed by atoms with Crippen LogP contribution < -0.4 is 5.32 Å². The lowest BCUT2D eigenvalue weighted by molar-refractivity contribution is 0.476. The van der Waals surface area contributed by atoms with Crippen LogP contribution in [0.1, 0.15) is 18.7 Å². The molecule has 0 aliphatic heterocycles. The summed E-state index contributed by atoms with van der Waals surface area (Å²) in [6.45, 7) is 0.634. The molecular weight excluding hydrogens is 365 g/mol. The van der Waals surface area contributed by atoms with Gasteiger partial charge in [-0.15, -0.1) is 10.2 Å². The van der Waals surface area contributed by atoms with Crippen molar-refractivity contribution in [3.63, 3.8) is 0 Å². The minimum Gasteiger partial charge on any atom is -0.419 e. The average molecular weight is 376 g/mol. The summed E-state index contributed by atoms with van der Waals surface area (Å²) in [5.74, 6) is 1.14. The van der Waals surface area contributed by atoms with Crippen molar-refractivity contribution in [2.45, 2.75) is 25.4 Å². The van der Waals surface area contributed by atoms with Crippen molar-refractivity contribution in [1.29, 1.82) is 0 Å². The number of hydrogen-bond acceptors (Lipinski definition) is 4. The van der Waals surface area contributed by atoms with E-state index in [4.69, 9.17) is 16.0 Å². The van der Waals surface area contributed by atoms with Crippen LogP contribution in [0.4, 0.5) is 0 Å². The van der Waals surface area contributed by atoms with Gasteiger partial charge in [-0.2, -0.15) is 0 Å². The first kappa shape index (κ1) is 12.4. The number of benzene rings is 1. The number of rotatable bonds is 4. The highest BCUT2D eigenvalue weighted by atomic mass is 127. The Balaban J connectivity index is 1.80. The van der Waals surface area contributed by atoms with Crippen molar-refractivity contribution < 1.29 is 4.42 Å². The van der Waals surface area contributed by atoms with Crippen LogP contribution in [-0.2, 0) is 6.54 Å². The second-order valence-corrected chi connectivity index (χ2v) is 5.88. The summed E-state index contributed by atoms with van der Waals surface area (Å²) >= 11 is 8.21. The predicted molar refractivity (Wildman–Crippen MR) is 77.3 cm³/mol. The molecule has 1 N–H and O–H groups in total. The first-order valence-electron chi connectivity index (χ1n) is 5.73. The molecule has 2 aromatic rings. The number of nitrogens with zero attached hydrogens (tertiary/aromatic N) is 2. The molecule has 0 spiro atoms. The molecule has 3 rings (SSSR count). The highest BCUT2D eigenvalue weighted by Gasteiger charge is 2.21. The maximum absolute atomic E-state index is 5.98. The van der Waals surface area contributed by atoms with Gasteiger partial charge in [-0.1, -0.05) is 11.6 Å². The average Bonchev–Trinajstić information content (AvgIpc) is 3.08. The zero-order chi connectivity index (χ0) is 12.5. The van der Waals surface area contributed by atoms with Crippen LogP contribution in [0, 0.1) is 3.57 Å². The van der Waals surface area contributed by atoms with Gasteiger partial charge < -0.3 is 9.73 Å². The molecule has 1 heterocycles. The molecule has 0 atom stereocenters. The zero-order valence-corrected chi connectivity index (χ0v) is 12.4. The normalized spacial score (nSPS) is 15.0. The largest absolute Gasteiger partial charge is 0.419 e. The van der Waals surface area contributed by atoms with Gasteiger partial charge in [-0.3, -0.25) is 0 Å². The van der Waals surface area contributed by atoms with Crippen LogP contribution in [0.5, 0.6) is 0 Å². The van der Waals surface area contributed by atoms with Gasteiger partial charge in [0, 0.05) is 14.6 Å². The second kappa shape index (κ2) is 5.14. The fourth-order valence-corrected chi connectivity index (χ4v) is 2.35. The smallest absolute Gasteiger partial charge is 0.248 e. The Kier molecular flexibility index (Phi) is 3.54. The van der Waals surface area contributed by atoms with E-state index in [0.29, 0.717) is 29.4 Å². The van der Waals surface area contributed by atoms with E-state index in [1.54, 1.807) is 0 Å². The Labute approximate surface area is 123 Å². The van der Waals surface area contributed by atoms with Crippen molar-refractivity contribution in [3.05, 3.63) is 32.7 Å². The van der Waals surface area contributed by atoms with E-state index >= 15 is 0 Å². The first-order chi connectivity index (χ1) is 8.72. The second-order valence-electron chi connectivity index (χ2n) is 4.28. The molecule has 0 unspecified atom stereocenters. The Morgan fingerprint density at radius 1 is 1.39 bits per heavy atom. The molecule has 4 nitrogen and oxygen atoms in total. The van der Waals surface area contributed by atoms with Crippen LogP contribution in [0.3, 0.4) is 0 Å². The standard InChI is InChI=1S/C12H11ClIN3O/c13-7-1-4-10(14)9(5-7)12-17-16-11(18-12)6-15-8-2-3-8/h1,4-5,8,15H,2-3,6H2. The molecule has 94 valence electrons. The zero-order valence-electron chi connectivity index (χ0n) is 9.49. The number of aromatic nitrogens is 2. The predicted octanol–water partition coefficient (Wildman–Crippen LogP) is 3.25. The molecule has 1 aliphatic carbocycles. The lowest BCUT2D eigenvalue weighted by Crippen LogP contribution is -2.15. The highest BCUT2D eigenvalue weighted by Crippen LogP contribution is 2.27. The van der Waals surface area contributed by atoms with E-state index in [1.807, 2.05) is 18.2 Å². The third-order valence-electron chi connectivity index (χ3n) is 2.74. The van der Waals surface area contributed by atoms with Crippen molar-refractivity contribution in [2.24, 2.45) is 0 Å². The van der Waals surface area contributed by atoms with Crippen molar-refractivity contribution in [1.82, 2.24) is 15.5 Å². The Hall–Kier alpha value is -0.660. The molecular formula is C12H11ClIN3O. The maximum atomic E-state index is 5.98. The lowest BCUT2D eigenvalue weighted by atomic mass is 10.2. The van der Waals surface area contributed by atoms with Crippen LogP contribution in [-0.4, -0.2) is 16.2 Å². The Bertz CT molecular complexity index is 568. The van der Waals surface area contributed by atoms with Gasteiger partial charge in [0.15, 0.2) is 0 Å². The summed E-state index contributed by atoms with van der Waals surface area (Å²) in [4.78, 5) is 0. The van der Waals surface area contributed by atoms with Crippen LogP contribution in [0.25, 0.3) is 11.5 Å². The monoisotopic (exact) mass is 375 g/mol. The minimum absolute atomic E-state index is 0.523. The van der Waals surface area contributed by atoms with Crippen molar-refractivity contribution in [3.8, 4) is 11.5 Å². The molecule has 1 fully saturated rings. The van der Waals surface area contributed by atoms with Gasteiger partial charge in [0.1, 0.15) is 0 Å². The summed E-state index contributed by atoms with van der Waals surface area (Å²) in [6.07, 6.45) is 2.49. The van der Waals surface area contributed by atoms with Crippen molar-refractivity contribution in [2.75, 3.05) is 0 Å². The lowest BCUT2D eigenvalue weighted by Gasteiger charge is -2.00. The van der Waals surface area contributed by atoms with Gasteiger partial charge in [-0.25, -0.2) is 0 Å². The third kappa shape index (κ3) is 2.84. The minimum atomic E-state index is 0.523. The van der Waals surface area contributed by atoms with Gasteiger partial charge in [0.25, 0.3) is 0 Å². The van der Waals surface area contributed by atoms with Crippen LogP contribution in [0.2, 0.25) is 5.02 Å². The summed E-state index contributed by atoms with van der Waals surface area (Å²) in [5.41, 5.74) is 0.883. The topological polar surface area (TPSA) is 51.0 Å². The van der Waals surface area contributed by atoms with Crippen LogP contribution >= 0.6 is 34.2 Å². The fraction of sp³-hybridized carbons (Fsp3) is 0.333. The fourth-order valence-electron chi connectivity index (χ4n) is 1.61. The SMILES string of the molecule is Clc1ccc(I)c(-c2nnc(CNC3CC3)o2)c1. The molecule has 0 saturated heterocycles. The molecule has 6 heteroatoms. The van der Waals surface area contributed by atoms with E-state index in [0.717, 1.165) is 9.13 Å². The van der Waals surface area contributed by atoms with E-state index < -0.39 is 0 Å². The maximum Gasteiger partial charge on any atom is 0.248 e. The summed E-state index contributed by atoms with van der Waals surface area (Å²) in [7, 11) is 0. The highest BCUT2D eigenvalue weighted by molar-refractivity contribution is 14.1. The number of nitrogens with one attached hydrogen (secondary N) is 1. The molecule has 0 amide bonds. The summed E-state index contributed by atoms with van der Waals surface area (Å²) in [6, 6.07) is 6.25. The molecule has 0 bridgehead atoms. The van der Waals surface area contributed by atoms with Gasteiger partial charge in [0.2, 0.25) is 11.8 Å². The van der Waals surface area contributed by atoms with Gasteiger partial charge >= 0.3 is 0 Å². The van der Waals surface area contributed by atoms with Crippen molar-refractivity contribution >= 4 is 34.2 Å². The Morgan fingerprint density at radius 3 is 3.00 bits per heavy atom. The molecule has 1 aromatic heterocycles. The third-order valence-corrected chi connectivity index (χ3v) is 3.92. The summed E-state index contributed by atoms with van der Waals surface area (Å²) in [5, 5.41) is 12.1. The number of hydrogen-bond donors (Lipinski definition) is 1. The Morgan fingerprint density at radius 2 is 2.22 bits per heavy atom. The first-order valence-corrected chi connectivity index (χ1v) is 7.19. The molecule has 0 radical (unpaired) electrons. The number of halogens is 2. The van der Waals surface area contributed by atoms with E-state index in [2.05, 4.69) is 38.1 Å². The van der Waals surface area contributed by atoms with Gasteiger partial charge in [0.05, 0.1) is 12.1 Å². The van der Waals surface area contributed by atoms with E-state index in [9.17, 15) is 0 Å². The molecule has 1 aliphatic rings. The van der Waals surface area contributed by atoms with E-state index in [-0.39, 0.29) is 0 Å². The molecule has 1 aromatic carbocycles.